The highest BCUT2D eigenvalue weighted by molar-refractivity contribution is 6.30. The van der Waals surface area contributed by atoms with Crippen LogP contribution in [0.5, 0.6) is 5.75 Å². The average Bonchev–Trinajstić information content (AvgIpc) is 2.71. The molecule has 0 radical (unpaired) electrons. The Hall–Kier alpha value is -2.73. The van der Waals surface area contributed by atoms with Gasteiger partial charge in [-0.05, 0) is 30.3 Å². The van der Waals surface area contributed by atoms with Crippen molar-refractivity contribution in [2.24, 2.45) is 0 Å². The van der Waals surface area contributed by atoms with Crippen LogP contribution in [0.4, 0.5) is 5.69 Å². The van der Waals surface area contributed by atoms with Crippen LogP contribution in [0.3, 0.4) is 0 Å². The lowest BCUT2D eigenvalue weighted by molar-refractivity contribution is -0.153. The Kier molecular flexibility index (Phi) is 6.54. The summed E-state index contributed by atoms with van der Waals surface area (Å²) >= 11 is 5.85. The first kappa shape index (κ1) is 19.0. The van der Waals surface area contributed by atoms with Crippen molar-refractivity contribution in [2.75, 3.05) is 44.3 Å². The van der Waals surface area contributed by atoms with Crippen molar-refractivity contribution in [3.63, 3.8) is 0 Å². The fourth-order valence-electron chi connectivity index (χ4n) is 2.83. The van der Waals surface area contributed by atoms with Gasteiger partial charge in [-0.2, -0.15) is 0 Å². The first-order valence-corrected chi connectivity index (χ1v) is 9.11. The Morgan fingerprint density at radius 1 is 0.926 bits per heavy atom. The Morgan fingerprint density at radius 3 is 2.37 bits per heavy atom. The van der Waals surface area contributed by atoms with Gasteiger partial charge in [0.15, 0.2) is 13.2 Å². The lowest BCUT2D eigenvalue weighted by Gasteiger charge is -2.36. The quantitative estimate of drug-likeness (QED) is 0.712. The molecule has 1 heterocycles. The summed E-state index contributed by atoms with van der Waals surface area (Å²) < 4.78 is 10.3. The third kappa shape index (κ3) is 5.62. The molecule has 1 aliphatic heterocycles. The Morgan fingerprint density at radius 2 is 1.67 bits per heavy atom. The van der Waals surface area contributed by atoms with E-state index in [0.717, 1.165) is 18.8 Å². The minimum Gasteiger partial charge on any atom is -0.482 e. The lowest BCUT2D eigenvalue weighted by atomic mass is 10.2. The fourth-order valence-corrected chi connectivity index (χ4v) is 3.01. The SMILES string of the molecule is O=C(COc1cccc(Cl)c1)OCC(=O)N1CCN(c2ccccc2)CC1. The summed E-state index contributed by atoms with van der Waals surface area (Å²) in [4.78, 5) is 27.9. The van der Waals surface area contributed by atoms with Gasteiger partial charge >= 0.3 is 5.97 Å². The minimum absolute atomic E-state index is 0.196. The number of esters is 1. The summed E-state index contributed by atoms with van der Waals surface area (Å²) in [7, 11) is 0. The molecule has 1 saturated heterocycles. The van der Waals surface area contributed by atoms with Gasteiger partial charge in [0.25, 0.3) is 5.91 Å². The molecule has 1 aliphatic rings. The molecule has 7 heteroatoms. The van der Waals surface area contributed by atoms with Crippen molar-refractivity contribution in [1.29, 1.82) is 0 Å². The van der Waals surface area contributed by atoms with Gasteiger partial charge in [-0.15, -0.1) is 0 Å². The maximum absolute atomic E-state index is 12.2. The van der Waals surface area contributed by atoms with Gasteiger partial charge in [0.1, 0.15) is 5.75 Å². The second-order valence-electron chi connectivity index (χ2n) is 6.11. The van der Waals surface area contributed by atoms with Crippen molar-refractivity contribution >= 4 is 29.2 Å². The summed E-state index contributed by atoms with van der Waals surface area (Å²) in [6.07, 6.45) is 0. The van der Waals surface area contributed by atoms with Crippen molar-refractivity contribution in [2.45, 2.75) is 0 Å². The number of nitrogens with zero attached hydrogens (tertiary/aromatic N) is 2. The van der Waals surface area contributed by atoms with E-state index in [-0.39, 0.29) is 19.1 Å². The predicted octanol–water partition coefficient (Wildman–Crippen LogP) is 2.61. The van der Waals surface area contributed by atoms with Gasteiger partial charge in [0.05, 0.1) is 0 Å². The second-order valence-corrected chi connectivity index (χ2v) is 6.55. The maximum atomic E-state index is 12.2. The van der Waals surface area contributed by atoms with Crippen LogP contribution in [0.15, 0.2) is 54.6 Å². The van der Waals surface area contributed by atoms with E-state index >= 15 is 0 Å². The third-order valence-corrected chi connectivity index (χ3v) is 4.50. The molecule has 0 bridgehead atoms. The smallest absolute Gasteiger partial charge is 0.344 e. The monoisotopic (exact) mass is 388 g/mol. The molecule has 27 heavy (non-hydrogen) atoms. The molecular formula is C20H21ClN2O4. The van der Waals surface area contributed by atoms with Gasteiger partial charge in [-0.25, -0.2) is 4.79 Å². The molecule has 3 rings (SSSR count). The van der Waals surface area contributed by atoms with E-state index in [4.69, 9.17) is 21.1 Å². The molecule has 2 aromatic carbocycles. The molecule has 0 spiro atoms. The zero-order chi connectivity index (χ0) is 19.1. The summed E-state index contributed by atoms with van der Waals surface area (Å²) in [6, 6.07) is 16.8. The predicted molar refractivity (Wildman–Crippen MR) is 103 cm³/mol. The molecule has 142 valence electrons. The number of carbonyl (C=O) groups excluding carboxylic acids is 2. The van der Waals surface area contributed by atoms with E-state index in [1.807, 2.05) is 18.2 Å². The van der Waals surface area contributed by atoms with Crippen LogP contribution in [0.25, 0.3) is 0 Å². The number of amides is 1. The van der Waals surface area contributed by atoms with Crippen molar-refractivity contribution < 1.29 is 19.1 Å². The number of rotatable bonds is 6. The topological polar surface area (TPSA) is 59.1 Å². The molecule has 1 amide bonds. The van der Waals surface area contributed by atoms with E-state index in [0.29, 0.717) is 23.9 Å². The molecule has 6 nitrogen and oxygen atoms in total. The standard InChI is InChI=1S/C20H21ClN2O4/c21-16-5-4-8-18(13-16)26-15-20(25)27-14-19(24)23-11-9-22(10-12-23)17-6-2-1-3-7-17/h1-8,13H,9-12,14-15H2. The molecule has 0 aromatic heterocycles. The number of anilines is 1. The number of carbonyl (C=O) groups is 2. The number of piperazine rings is 1. The van der Waals surface area contributed by atoms with Gasteiger partial charge in [0, 0.05) is 36.9 Å². The minimum atomic E-state index is -0.591. The second kappa shape index (κ2) is 9.28. The van der Waals surface area contributed by atoms with E-state index < -0.39 is 5.97 Å². The van der Waals surface area contributed by atoms with Crippen LogP contribution >= 0.6 is 11.6 Å². The van der Waals surface area contributed by atoms with Crippen LogP contribution in [0.2, 0.25) is 5.02 Å². The Bertz CT molecular complexity index is 777. The first-order chi connectivity index (χ1) is 13.1. The number of halogens is 1. The molecule has 0 atom stereocenters. The highest BCUT2D eigenvalue weighted by Gasteiger charge is 2.22. The third-order valence-electron chi connectivity index (χ3n) is 4.26. The number of para-hydroxylation sites is 1. The Balaban J connectivity index is 1.37. The van der Waals surface area contributed by atoms with Crippen LogP contribution in [0.1, 0.15) is 0 Å². The molecule has 0 N–H and O–H groups in total. The van der Waals surface area contributed by atoms with Crippen LogP contribution in [-0.2, 0) is 14.3 Å². The fraction of sp³-hybridized carbons (Fsp3) is 0.300. The summed E-state index contributed by atoms with van der Waals surface area (Å²) in [5, 5.41) is 0.519. The van der Waals surface area contributed by atoms with E-state index in [1.165, 1.54) is 0 Å². The van der Waals surface area contributed by atoms with Crippen LogP contribution < -0.4 is 9.64 Å². The summed E-state index contributed by atoms with van der Waals surface area (Å²) in [6.45, 7) is 2.16. The van der Waals surface area contributed by atoms with Gasteiger partial charge in [0.2, 0.25) is 0 Å². The Labute approximate surface area is 163 Å². The van der Waals surface area contributed by atoms with Crippen LogP contribution in [-0.4, -0.2) is 56.2 Å². The molecular weight excluding hydrogens is 368 g/mol. The number of hydrogen-bond donors (Lipinski definition) is 0. The largest absolute Gasteiger partial charge is 0.482 e. The van der Waals surface area contributed by atoms with E-state index in [1.54, 1.807) is 29.2 Å². The molecule has 2 aromatic rings. The van der Waals surface area contributed by atoms with E-state index in [9.17, 15) is 9.59 Å². The zero-order valence-corrected chi connectivity index (χ0v) is 15.6. The number of ether oxygens (including phenoxy) is 2. The summed E-state index contributed by atoms with van der Waals surface area (Å²) in [5.41, 5.74) is 1.15. The van der Waals surface area contributed by atoms with Gasteiger partial charge in [-0.3, -0.25) is 4.79 Å². The normalized spacial score (nSPS) is 14.0. The number of hydrogen-bond acceptors (Lipinski definition) is 5. The zero-order valence-electron chi connectivity index (χ0n) is 14.8. The van der Waals surface area contributed by atoms with E-state index in [2.05, 4.69) is 17.0 Å². The van der Waals surface area contributed by atoms with Crippen LogP contribution in [0, 0.1) is 0 Å². The van der Waals surface area contributed by atoms with Crippen molar-refractivity contribution in [3.8, 4) is 5.75 Å². The van der Waals surface area contributed by atoms with Gasteiger partial charge in [-0.1, -0.05) is 35.9 Å². The summed E-state index contributed by atoms with van der Waals surface area (Å²) in [5.74, 6) is -0.312. The number of benzene rings is 2. The highest BCUT2D eigenvalue weighted by atomic mass is 35.5. The van der Waals surface area contributed by atoms with Gasteiger partial charge < -0.3 is 19.3 Å². The van der Waals surface area contributed by atoms with Crippen molar-refractivity contribution in [3.05, 3.63) is 59.6 Å². The molecule has 1 fully saturated rings. The van der Waals surface area contributed by atoms with Crippen molar-refractivity contribution in [1.82, 2.24) is 4.90 Å². The average molecular weight is 389 g/mol. The lowest BCUT2D eigenvalue weighted by Crippen LogP contribution is -2.50. The molecule has 0 saturated carbocycles. The molecule has 0 aliphatic carbocycles. The maximum Gasteiger partial charge on any atom is 0.344 e. The highest BCUT2D eigenvalue weighted by Crippen LogP contribution is 2.17. The first-order valence-electron chi connectivity index (χ1n) is 8.73. The molecule has 0 unspecified atom stereocenters.